The Kier molecular flexibility index (Phi) is 3.84. The van der Waals surface area contributed by atoms with Gasteiger partial charge in [0.05, 0.1) is 6.61 Å². The number of nitrogens with zero attached hydrogens (tertiary/aromatic N) is 1. The Bertz CT molecular complexity index is 344. The Morgan fingerprint density at radius 2 is 1.84 bits per heavy atom. The molecule has 2 aliphatic carbocycles. The van der Waals surface area contributed by atoms with Crippen molar-refractivity contribution in [1.29, 1.82) is 0 Å². The molecule has 3 rings (SSSR count). The molecule has 1 heterocycles. The Morgan fingerprint density at radius 1 is 1.11 bits per heavy atom. The summed E-state index contributed by atoms with van der Waals surface area (Å²) in [6.07, 6.45) is 9.50. The van der Waals surface area contributed by atoms with Gasteiger partial charge in [-0.2, -0.15) is 0 Å². The molecule has 3 heteroatoms. The minimum Gasteiger partial charge on any atom is -0.466 e. The monoisotopic (exact) mass is 265 g/mol. The molecule has 1 aliphatic heterocycles. The molecule has 3 aliphatic rings. The highest BCUT2D eigenvalue weighted by Gasteiger charge is 2.49. The zero-order valence-electron chi connectivity index (χ0n) is 12.3. The number of esters is 1. The number of rotatable bonds is 2. The van der Waals surface area contributed by atoms with Crippen LogP contribution in [-0.2, 0) is 9.53 Å². The first-order valence-electron chi connectivity index (χ1n) is 8.02. The lowest BCUT2D eigenvalue weighted by Crippen LogP contribution is -2.37. The van der Waals surface area contributed by atoms with E-state index in [-0.39, 0.29) is 5.97 Å². The number of hydrogen-bond acceptors (Lipinski definition) is 3. The predicted molar refractivity (Wildman–Crippen MR) is 74.8 cm³/mol. The number of likely N-dealkylation sites (tertiary alicyclic amines) is 1. The van der Waals surface area contributed by atoms with Gasteiger partial charge in [0, 0.05) is 19.0 Å². The van der Waals surface area contributed by atoms with E-state index >= 15 is 0 Å². The first-order valence-corrected chi connectivity index (χ1v) is 8.02. The van der Waals surface area contributed by atoms with Crippen LogP contribution in [0.4, 0.5) is 0 Å². The van der Waals surface area contributed by atoms with Crippen LogP contribution in [0.25, 0.3) is 0 Å². The average Bonchev–Trinajstić information content (AvgIpc) is 2.71. The summed E-state index contributed by atoms with van der Waals surface area (Å²) in [7, 11) is 2.35. The maximum atomic E-state index is 11.0. The summed E-state index contributed by atoms with van der Waals surface area (Å²) < 4.78 is 5.24. The zero-order chi connectivity index (χ0) is 13.4. The van der Waals surface area contributed by atoms with E-state index in [1.54, 1.807) is 0 Å². The molecule has 0 radical (unpaired) electrons. The van der Waals surface area contributed by atoms with Crippen LogP contribution in [0, 0.1) is 17.8 Å². The van der Waals surface area contributed by atoms with Crippen LogP contribution in [-0.4, -0.2) is 36.6 Å². The van der Waals surface area contributed by atoms with E-state index in [1.165, 1.54) is 51.9 Å². The van der Waals surface area contributed by atoms with Gasteiger partial charge in [0.1, 0.15) is 0 Å². The highest BCUT2D eigenvalue weighted by Crippen LogP contribution is 2.49. The average molecular weight is 265 g/mol. The summed E-state index contributed by atoms with van der Waals surface area (Å²) in [6, 6.07) is 1.65. The van der Waals surface area contributed by atoms with Crippen LogP contribution in [0.3, 0.4) is 0 Å². The van der Waals surface area contributed by atoms with E-state index in [0.717, 1.165) is 23.9 Å². The third kappa shape index (κ3) is 2.54. The number of ether oxygens (including phenoxy) is 1. The number of hydrogen-bond donors (Lipinski definition) is 0. The number of carbonyl (C=O) groups excluding carboxylic acids is 1. The van der Waals surface area contributed by atoms with Crippen LogP contribution < -0.4 is 0 Å². The molecule has 0 aromatic heterocycles. The van der Waals surface area contributed by atoms with E-state index < -0.39 is 0 Å². The van der Waals surface area contributed by atoms with Crippen molar-refractivity contribution in [3.8, 4) is 0 Å². The molecule has 5 atom stereocenters. The number of fused-ring (bicyclic) bond motifs is 3. The fraction of sp³-hybridized carbons (Fsp3) is 0.938. The molecule has 3 fully saturated rings. The van der Waals surface area contributed by atoms with Gasteiger partial charge in [-0.15, -0.1) is 0 Å². The van der Waals surface area contributed by atoms with Gasteiger partial charge in [0.15, 0.2) is 0 Å². The van der Waals surface area contributed by atoms with Gasteiger partial charge in [0.2, 0.25) is 0 Å². The number of carbonyl (C=O) groups is 1. The summed E-state index contributed by atoms with van der Waals surface area (Å²) in [5.41, 5.74) is 0. The molecule has 0 aromatic rings. The SMILES string of the molecule is CC(=O)OCC1CCC2C(C1)C1CCCCC1N2C. The molecule has 0 aromatic carbocycles. The second-order valence-electron chi connectivity index (χ2n) is 6.89. The Hall–Kier alpha value is -0.570. The lowest BCUT2D eigenvalue weighted by atomic mass is 9.70. The molecule has 3 nitrogen and oxygen atoms in total. The molecule has 1 saturated heterocycles. The van der Waals surface area contributed by atoms with Crippen LogP contribution >= 0.6 is 0 Å². The van der Waals surface area contributed by atoms with Crippen LogP contribution in [0.2, 0.25) is 0 Å². The Balaban J connectivity index is 1.64. The van der Waals surface area contributed by atoms with E-state index in [4.69, 9.17) is 4.74 Å². The summed E-state index contributed by atoms with van der Waals surface area (Å²) in [6.45, 7) is 2.17. The molecule has 108 valence electrons. The van der Waals surface area contributed by atoms with Gasteiger partial charge in [-0.3, -0.25) is 9.69 Å². The molecule has 2 saturated carbocycles. The quantitative estimate of drug-likeness (QED) is 0.719. The molecular weight excluding hydrogens is 238 g/mol. The maximum absolute atomic E-state index is 11.0. The van der Waals surface area contributed by atoms with Gasteiger partial charge in [0.25, 0.3) is 0 Å². The Morgan fingerprint density at radius 3 is 2.63 bits per heavy atom. The topological polar surface area (TPSA) is 29.5 Å². The molecular formula is C16H27NO2. The minimum absolute atomic E-state index is 0.124. The summed E-state index contributed by atoms with van der Waals surface area (Å²) >= 11 is 0. The van der Waals surface area contributed by atoms with Gasteiger partial charge in [-0.1, -0.05) is 12.8 Å². The van der Waals surface area contributed by atoms with Crippen molar-refractivity contribution >= 4 is 5.97 Å². The third-order valence-corrected chi connectivity index (χ3v) is 5.87. The fourth-order valence-corrected chi connectivity index (χ4v) is 5.02. The molecule has 19 heavy (non-hydrogen) atoms. The van der Waals surface area contributed by atoms with E-state index in [0.29, 0.717) is 12.5 Å². The zero-order valence-corrected chi connectivity index (χ0v) is 12.3. The summed E-state index contributed by atoms with van der Waals surface area (Å²) in [4.78, 5) is 13.7. The smallest absolute Gasteiger partial charge is 0.302 e. The maximum Gasteiger partial charge on any atom is 0.302 e. The van der Waals surface area contributed by atoms with Gasteiger partial charge in [-0.05, 0) is 56.9 Å². The van der Waals surface area contributed by atoms with Crippen molar-refractivity contribution in [1.82, 2.24) is 4.90 Å². The second kappa shape index (κ2) is 5.43. The second-order valence-corrected chi connectivity index (χ2v) is 6.89. The molecule has 0 N–H and O–H groups in total. The molecule has 0 amide bonds. The molecule has 0 bridgehead atoms. The van der Waals surface area contributed by atoms with Crippen molar-refractivity contribution in [3.05, 3.63) is 0 Å². The van der Waals surface area contributed by atoms with Crippen LogP contribution in [0.1, 0.15) is 51.9 Å². The van der Waals surface area contributed by atoms with Crippen molar-refractivity contribution in [3.63, 3.8) is 0 Å². The summed E-state index contributed by atoms with van der Waals surface area (Å²) in [5.74, 6) is 2.27. The Labute approximate surface area is 116 Å². The van der Waals surface area contributed by atoms with Gasteiger partial charge >= 0.3 is 5.97 Å². The first kappa shape index (κ1) is 13.4. The largest absolute Gasteiger partial charge is 0.466 e. The van der Waals surface area contributed by atoms with Crippen LogP contribution in [0.15, 0.2) is 0 Å². The van der Waals surface area contributed by atoms with Crippen molar-refractivity contribution < 1.29 is 9.53 Å². The van der Waals surface area contributed by atoms with E-state index in [2.05, 4.69) is 11.9 Å². The van der Waals surface area contributed by atoms with Crippen molar-refractivity contribution in [2.24, 2.45) is 17.8 Å². The van der Waals surface area contributed by atoms with Crippen molar-refractivity contribution in [2.75, 3.05) is 13.7 Å². The molecule has 5 unspecified atom stereocenters. The summed E-state index contributed by atoms with van der Waals surface area (Å²) in [5, 5.41) is 0. The van der Waals surface area contributed by atoms with Crippen LogP contribution in [0.5, 0.6) is 0 Å². The minimum atomic E-state index is -0.124. The predicted octanol–water partition coefficient (Wildman–Crippen LogP) is 2.84. The fourth-order valence-electron chi connectivity index (χ4n) is 5.02. The van der Waals surface area contributed by atoms with Gasteiger partial charge in [-0.25, -0.2) is 0 Å². The van der Waals surface area contributed by atoms with Crippen molar-refractivity contribution in [2.45, 2.75) is 64.0 Å². The first-order chi connectivity index (χ1) is 9.16. The third-order valence-electron chi connectivity index (χ3n) is 5.87. The molecule has 0 spiro atoms. The lowest BCUT2D eigenvalue weighted by molar-refractivity contribution is -0.142. The standard InChI is InChI=1S/C16H27NO2/c1-11(18)19-10-12-7-8-16-14(9-12)13-5-3-4-6-15(13)17(16)2/h12-16H,3-10H2,1-2H3. The highest BCUT2D eigenvalue weighted by molar-refractivity contribution is 5.65. The normalized spacial score (nSPS) is 42.5. The van der Waals surface area contributed by atoms with E-state index in [1.807, 2.05) is 0 Å². The van der Waals surface area contributed by atoms with Gasteiger partial charge < -0.3 is 4.74 Å². The lowest BCUT2D eigenvalue weighted by Gasteiger charge is -2.35. The van der Waals surface area contributed by atoms with E-state index in [9.17, 15) is 4.79 Å². The highest BCUT2D eigenvalue weighted by atomic mass is 16.5.